The average Bonchev–Trinajstić information content (AvgIpc) is 2.55. The molecule has 0 bridgehead atoms. The van der Waals surface area contributed by atoms with Crippen molar-refractivity contribution in [1.82, 2.24) is 0 Å². The van der Waals surface area contributed by atoms with Crippen LogP contribution >= 0.6 is 0 Å². The number of halogens is 1. The number of rotatable bonds is 6. The van der Waals surface area contributed by atoms with Crippen molar-refractivity contribution in [3.8, 4) is 11.8 Å². The summed E-state index contributed by atoms with van der Waals surface area (Å²) in [5, 5.41) is 0. The van der Waals surface area contributed by atoms with Gasteiger partial charge in [0.25, 0.3) is 0 Å². The van der Waals surface area contributed by atoms with Gasteiger partial charge in [0.15, 0.2) is 0 Å². The summed E-state index contributed by atoms with van der Waals surface area (Å²) in [5.74, 6) is 7.88. The first-order valence-corrected chi connectivity index (χ1v) is 9.05. The fraction of sp³-hybridized carbons (Fsp3) is 0.619. The first kappa shape index (κ1) is 17.1. The van der Waals surface area contributed by atoms with Gasteiger partial charge in [-0.3, -0.25) is 0 Å². The van der Waals surface area contributed by atoms with Crippen molar-refractivity contribution in [3.63, 3.8) is 0 Å². The van der Waals surface area contributed by atoms with E-state index in [9.17, 15) is 4.39 Å². The molecule has 0 aromatic heterocycles. The van der Waals surface area contributed by atoms with Crippen LogP contribution in [0.4, 0.5) is 4.39 Å². The Morgan fingerprint density at radius 3 is 2.32 bits per heavy atom. The van der Waals surface area contributed by atoms with Crippen LogP contribution in [0.25, 0.3) is 0 Å². The molecule has 22 heavy (non-hydrogen) atoms. The van der Waals surface area contributed by atoms with E-state index in [1.54, 1.807) is 12.1 Å². The number of hydrogen-bond acceptors (Lipinski definition) is 0. The Kier molecular flexibility index (Phi) is 7.50. The van der Waals surface area contributed by atoms with Gasteiger partial charge < -0.3 is 0 Å². The van der Waals surface area contributed by atoms with Crippen molar-refractivity contribution in [2.45, 2.75) is 71.1 Å². The lowest BCUT2D eigenvalue weighted by atomic mass is 9.80. The molecular formula is C21H29F. The molecule has 1 aromatic carbocycles. The smallest absolute Gasteiger partial charge is 0.123 e. The van der Waals surface area contributed by atoms with Crippen LogP contribution in [0.3, 0.4) is 0 Å². The summed E-state index contributed by atoms with van der Waals surface area (Å²) in [5.41, 5.74) is 0.930. The van der Waals surface area contributed by atoms with E-state index in [0.29, 0.717) is 5.92 Å². The molecule has 2 rings (SSSR count). The lowest BCUT2D eigenvalue weighted by Crippen LogP contribution is -2.13. The zero-order valence-corrected chi connectivity index (χ0v) is 13.9. The molecule has 1 heteroatoms. The van der Waals surface area contributed by atoms with Gasteiger partial charge in [-0.1, -0.05) is 57.3 Å². The van der Waals surface area contributed by atoms with E-state index < -0.39 is 0 Å². The normalized spacial score (nSPS) is 21.2. The van der Waals surface area contributed by atoms with Gasteiger partial charge >= 0.3 is 0 Å². The van der Waals surface area contributed by atoms with E-state index >= 15 is 0 Å². The van der Waals surface area contributed by atoms with Crippen molar-refractivity contribution in [1.29, 1.82) is 0 Å². The van der Waals surface area contributed by atoms with E-state index in [1.165, 1.54) is 76.3 Å². The van der Waals surface area contributed by atoms with E-state index in [1.807, 2.05) is 0 Å². The van der Waals surface area contributed by atoms with Crippen LogP contribution in [0.5, 0.6) is 0 Å². The topological polar surface area (TPSA) is 0 Å². The molecule has 1 fully saturated rings. The third-order valence-corrected chi connectivity index (χ3v) is 4.83. The molecular weight excluding hydrogens is 271 g/mol. The van der Waals surface area contributed by atoms with Gasteiger partial charge in [0.2, 0.25) is 0 Å². The third kappa shape index (κ3) is 6.22. The highest BCUT2D eigenvalue weighted by molar-refractivity contribution is 5.34. The van der Waals surface area contributed by atoms with Gasteiger partial charge in [-0.05, 0) is 55.9 Å². The Bertz CT molecular complexity index is 469. The van der Waals surface area contributed by atoms with Crippen LogP contribution in [0.1, 0.15) is 76.7 Å². The van der Waals surface area contributed by atoms with Crippen molar-refractivity contribution >= 4 is 0 Å². The molecule has 1 saturated carbocycles. The Balaban J connectivity index is 1.66. The molecule has 1 aliphatic carbocycles. The Hall–Kier alpha value is -1.29. The van der Waals surface area contributed by atoms with Gasteiger partial charge in [0, 0.05) is 11.5 Å². The van der Waals surface area contributed by atoms with Crippen molar-refractivity contribution < 1.29 is 4.39 Å². The minimum absolute atomic E-state index is 0.190. The standard InChI is InChI=1S/C21H29F/c1-2-3-4-5-6-7-18-8-10-19(11-9-18)12-13-20-14-16-21(22)17-15-20/h14-19H,2-11H2,1H3/t18-,19-. The highest BCUT2D eigenvalue weighted by atomic mass is 19.1. The second kappa shape index (κ2) is 9.67. The summed E-state index contributed by atoms with van der Waals surface area (Å²) < 4.78 is 12.8. The molecule has 0 unspecified atom stereocenters. The van der Waals surface area contributed by atoms with Gasteiger partial charge in [-0.2, -0.15) is 0 Å². The van der Waals surface area contributed by atoms with Crippen molar-refractivity contribution in [3.05, 3.63) is 35.6 Å². The van der Waals surface area contributed by atoms with Gasteiger partial charge in [-0.25, -0.2) is 4.39 Å². The highest BCUT2D eigenvalue weighted by Gasteiger charge is 2.19. The largest absolute Gasteiger partial charge is 0.207 e. The van der Waals surface area contributed by atoms with Crippen LogP contribution in [0.15, 0.2) is 24.3 Å². The fourth-order valence-electron chi connectivity index (χ4n) is 3.35. The second-order valence-electron chi connectivity index (χ2n) is 6.70. The summed E-state index contributed by atoms with van der Waals surface area (Å²) in [6.45, 7) is 2.27. The predicted octanol–water partition coefficient (Wildman–Crippen LogP) is 6.34. The zero-order chi connectivity index (χ0) is 15.6. The molecule has 1 aliphatic rings. The highest BCUT2D eigenvalue weighted by Crippen LogP contribution is 2.31. The van der Waals surface area contributed by atoms with E-state index in [4.69, 9.17) is 0 Å². The van der Waals surface area contributed by atoms with Crippen molar-refractivity contribution in [2.24, 2.45) is 11.8 Å². The van der Waals surface area contributed by atoms with Gasteiger partial charge in [0.1, 0.15) is 5.82 Å². The Morgan fingerprint density at radius 1 is 0.955 bits per heavy atom. The molecule has 0 radical (unpaired) electrons. The van der Waals surface area contributed by atoms with Crippen molar-refractivity contribution in [2.75, 3.05) is 0 Å². The minimum Gasteiger partial charge on any atom is -0.207 e. The third-order valence-electron chi connectivity index (χ3n) is 4.83. The fourth-order valence-corrected chi connectivity index (χ4v) is 3.35. The molecule has 0 N–H and O–H groups in total. The maximum atomic E-state index is 12.8. The van der Waals surface area contributed by atoms with Crippen LogP contribution < -0.4 is 0 Å². The molecule has 0 nitrogen and oxygen atoms in total. The number of hydrogen-bond donors (Lipinski definition) is 0. The SMILES string of the molecule is CCCCCCC[C@H]1CC[C@H](C#Cc2ccc(F)cc2)CC1. The minimum atomic E-state index is -0.190. The molecule has 0 saturated heterocycles. The first-order valence-electron chi connectivity index (χ1n) is 9.05. The summed E-state index contributed by atoms with van der Waals surface area (Å²) in [6.07, 6.45) is 13.6. The molecule has 0 amide bonds. The van der Waals surface area contributed by atoms with Crippen LogP contribution in [-0.4, -0.2) is 0 Å². The summed E-state index contributed by atoms with van der Waals surface area (Å²) in [6, 6.07) is 6.51. The lowest BCUT2D eigenvalue weighted by molar-refractivity contribution is 0.294. The van der Waals surface area contributed by atoms with E-state index in [2.05, 4.69) is 18.8 Å². The molecule has 1 aromatic rings. The maximum absolute atomic E-state index is 12.8. The second-order valence-corrected chi connectivity index (χ2v) is 6.70. The number of unbranched alkanes of at least 4 members (excludes halogenated alkanes) is 4. The van der Waals surface area contributed by atoms with E-state index in [0.717, 1.165) is 11.5 Å². The van der Waals surface area contributed by atoms with Gasteiger partial charge in [-0.15, -0.1) is 0 Å². The van der Waals surface area contributed by atoms with Gasteiger partial charge in [0.05, 0.1) is 0 Å². The quantitative estimate of drug-likeness (QED) is 0.424. The Morgan fingerprint density at radius 2 is 1.64 bits per heavy atom. The van der Waals surface area contributed by atoms with E-state index in [-0.39, 0.29) is 5.82 Å². The number of benzene rings is 1. The average molecular weight is 300 g/mol. The zero-order valence-electron chi connectivity index (χ0n) is 13.9. The molecule has 0 aliphatic heterocycles. The maximum Gasteiger partial charge on any atom is 0.123 e. The monoisotopic (exact) mass is 300 g/mol. The van der Waals surface area contributed by atoms with Crippen LogP contribution in [-0.2, 0) is 0 Å². The Labute approximate surface area is 135 Å². The lowest BCUT2D eigenvalue weighted by Gasteiger charge is -2.25. The first-order chi connectivity index (χ1) is 10.8. The van der Waals surface area contributed by atoms with Crippen LogP contribution in [0.2, 0.25) is 0 Å². The molecule has 0 heterocycles. The summed E-state index contributed by atoms with van der Waals surface area (Å²) in [7, 11) is 0. The molecule has 0 atom stereocenters. The molecule has 120 valence electrons. The summed E-state index contributed by atoms with van der Waals surface area (Å²) >= 11 is 0. The summed E-state index contributed by atoms with van der Waals surface area (Å²) in [4.78, 5) is 0. The predicted molar refractivity (Wildman–Crippen MR) is 92.1 cm³/mol. The van der Waals surface area contributed by atoms with Crippen LogP contribution in [0, 0.1) is 29.5 Å². The molecule has 0 spiro atoms.